The van der Waals surface area contributed by atoms with E-state index in [1.165, 1.54) is 4.90 Å². The predicted molar refractivity (Wildman–Crippen MR) is 85.5 cm³/mol. The van der Waals surface area contributed by atoms with Gasteiger partial charge in [0, 0.05) is 18.8 Å². The summed E-state index contributed by atoms with van der Waals surface area (Å²) in [7, 11) is 0. The van der Waals surface area contributed by atoms with Crippen molar-refractivity contribution in [3.63, 3.8) is 0 Å². The van der Waals surface area contributed by atoms with Crippen molar-refractivity contribution in [2.75, 3.05) is 24.5 Å². The Bertz CT molecular complexity index is 609. The number of carboxylic acids is 2. The summed E-state index contributed by atoms with van der Waals surface area (Å²) in [5.74, 6) is -2.48. The number of para-hydroxylation sites is 1. The lowest BCUT2D eigenvalue weighted by molar-refractivity contribution is -0.146. The third-order valence-corrected chi connectivity index (χ3v) is 3.85. The lowest BCUT2D eigenvalue weighted by Gasteiger charge is -2.43. The number of carbonyl (C=O) groups excluding carboxylic acids is 1. The normalized spacial score (nSPS) is 18.9. The molecule has 9 heteroatoms. The van der Waals surface area contributed by atoms with Gasteiger partial charge < -0.3 is 25.7 Å². The number of piperazine rings is 1. The third kappa shape index (κ3) is 4.35. The quantitative estimate of drug-likeness (QED) is 0.561. The lowest BCUT2D eigenvalue weighted by Crippen LogP contribution is -2.64. The van der Waals surface area contributed by atoms with Gasteiger partial charge in [-0.25, -0.2) is 4.79 Å². The molecule has 1 unspecified atom stereocenters. The number of carboxylic acid groups (broad SMARTS) is 2. The second kappa shape index (κ2) is 7.64. The second-order valence-corrected chi connectivity index (χ2v) is 5.48. The van der Waals surface area contributed by atoms with Crippen LogP contribution in [0.4, 0.5) is 10.5 Å². The van der Waals surface area contributed by atoms with E-state index in [2.05, 4.69) is 5.32 Å². The zero-order chi connectivity index (χ0) is 17.7. The van der Waals surface area contributed by atoms with Gasteiger partial charge in [0.25, 0.3) is 0 Å². The topological polar surface area (TPSA) is 136 Å². The fourth-order valence-electron chi connectivity index (χ4n) is 2.68. The Kier molecular flexibility index (Phi) is 5.59. The number of anilines is 1. The van der Waals surface area contributed by atoms with Crippen LogP contribution in [0, 0.1) is 0 Å². The number of rotatable bonds is 6. The Labute approximate surface area is 138 Å². The van der Waals surface area contributed by atoms with Gasteiger partial charge >= 0.3 is 18.0 Å². The van der Waals surface area contributed by atoms with Crippen LogP contribution < -0.4 is 16.0 Å². The summed E-state index contributed by atoms with van der Waals surface area (Å²) in [4.78, 5) is 36.9. The van der Waals surface area contributed by atoms with E-state index in [1.54, 1.807) is 0 Å². The van der Waals surface area contributed by atoms with Crippen LogP contribution in [0.1, 0.15) is 6.42 Å². The van der Waals surface area contributed by atoms with Crippen molar-refractivity contribution in [1.29, 1.82) is 0 Å². The minimum Gasteiger partial charge on any atom is -0.481 e. The monoisotopic (exact) mass is 336 g/mol. The first-order valence-electron chi connectivity index (χ1n) is 7.45. The zero-order valence-corrected chi connectivity index (χ0v) is 13.0. The molecule has 1 aromatic carbocycles. The molecule has 2 atom stereocenters. The number of nitrogens with one attached hydrogen (secondary N) is 1. The van der Waals surface area contributed by atoms with Crippen LogP contribution in [0.25, 0.3) is 0 Å². The highest BCUT2D eigenvalue weighted by molar-refractivity contribution is 5.80. The molecule has 9 nitrogen and oxygen atoms in total. The summed E-state index contributed by atoms with van der Waals surface area (Å²) < 4.78 is 0. The first-order chi connectivity index (χ1) is 11.4. The Morgan fingerprint density at radius 3 is 2.42 bits per heavy atom. The number of primary amides is 1. The first kappa shape index (κ1) is 17.5. The molecule has 0 saturated carbocycles. The molecular formula is C15H20N4O5. The molecule has 24 heavy (non-hydrogen) atoms. The molecule has 1 aliphatic rings. The largest absolute Gasteiger partial charge is 0.481 e. The van der Waals surface area contributed by atoms with E-state index >= 15 is 0 Å². The summed E-state index contributed by atoms with van der Waals surface area (Å²) in [6, 6.07) is 7.41. The highest BCUT2D eigenvalue weighted by Gasteiger charge is 2.33. The molecule has 1 aliphatic heterocycles. The van der Waals surface area contributed by atoms with Crippen molar-refractivity contribution in [3.05, 3.63) is 30.3 Å². The summed E-state index contributed by atoms with van der Waals surface area (Å²) in [6.07, 6.45) is -1.13. The number of nitrogens with zero attached hydrogens (tertiary/aromatic N) is 2. The molecule has 1 heterocycles. The molecule has 0 radical (unpaired) electrons. The van der Waals surface area contributed by atoms with Gasteiger partial charge in [0.2, 0.25) is 0 Å². The SMILES string of the molecule is NC(=O)N1CCN(c2ccccc2)C(N[C@@H](CC(=O)O)C(=O)O)C1. The summed E-state index contributed by atoms with van der Waals surface area (Å²) in [6.45, 7) is 1.01. The van der Waals surface area contributed by atoms with Crippen molar-refractivity contribution < 1.29 is 24.6 Å². The standard InChI is InChI=1S/C15H20N4O5/c16-15(24)18-6-7-19(10-4-2-1-3-5-10)12(9-18)17-11(14(22)23)8-13(20)21/h1-5,11-12,17H,6-9H2,(H2,16,24)(H,20,21)(H,22,23)/t11-,12?/m0/s1. The Balaban J connectivity index is 2.21. The van der Waals surface area contributed by atoms with Gasteiger partial charge in [-0.2, -0.15) is 0 Å². The minimum atomic E-state index is -1.27. The van der Waals surface area contributed by atoms with Crippen LogP contribution in [-0.2, 0) is 9.59 Å². The maximum atomic E-state index is 11.4. The Morgan fingerprint density at radius 1 is 1.21 bits per heavy atom. The van der Waals surface area contributed by atoms with Crippen molar-refractivity contribution >= 4 is 23.7 Å². The molecule has 0 aromatic heterocycles. The van der Waals surface area contributed by atoms with Gasteiger partial charge in [-0.3, -0.25) is 14.9 Å². The van der Waals surface area contributed by atoms with Crippen LogP contribution >= 0.6 is 0 Å². The summed E-state index contributed by atoms with van der Waals surface area (Å²) in [5, 5.41) is 20.9. The van der Waals surface area contributed by atoms with Crippen LogP contribution in [0.15, 0.2) is 30.3 Å². The number of hydrogen-bond acceptors (Lipinski definition) is 5. The third-order valence-electron chi connectivity index (χ3n) is 3.85. The molecule has 2 amide bonds. The van der Waals surface area contributed by atoms with Crippen LogP contribution in [0.2, 0.25) is 0 Å². The maximum absolute atomic E-state index is 11.4. The lowest BCUT2D eigenvalue weighted by atomic mass is 10.1. The highest BCUT2D eigenvalue weighted by Crippen LogP contribution is 2.19. The molecule has 0 bridgehead atoms. The first-order valence-corrected chi connectivity index (χ1v) is 7.45. The molecule has 5 N–H and O–H groups in total. The number of benzene rings is 1. The number of nitrogens with two attached hydrogens (primary N) is 1. The average molecular weight is 336 g/mol. The second-order valence-electron chi connectivity index (χ2n) is 5.48. The van der Waals surface area contributed by atoms with Crippen LogP contribution in [0.5, 0.6) is 0 Å². The molecule has 0 aliphatic carbocycles. The molecule has 1 saturated heterocycles. The van der Waals surface area contributed by atoms with Gasteiger partial charge in [-0.05, 0) is 12.1 Å². The fourth-order valence-corrected chi connectivity index (χ4v) is 2.68. The number of amides is 2. The minimum absolute atomic E-state index is 0.160. The van der Waals surface area contributed by atoms with Crippen molar-refractivity contribution in [1.82, 2.24) is 10.2 Å². The van der Waals surface area contributed by atoms with Crippen LogP contribution in [0.3, 0.4) is 0 Å². The molecule has 2 rings (SSSR count). The number of urea groups is 1. The number of carbonyl (C=O) groups is 3. The average Bonchev–Trinajstić information content (AvgIpc) is 2.54. The summed E-state index contributed by atoms with van der Waals surface area (Å²) >= 11 is 0. The molecule has 1 aromatic rings. The van der Waals surface area contributed by atoms with E-state index in [1.807, 2.05) is 35.2 Å². The number of hydrogen-bond donors (Lipinski definition) is 4. The van der Waals surface area contributed by atoms with Crippen LogP contribution in [-0.4, -0.2) is 64.9 Å². The molecular weight excluding hydrogens is 316 g/mol. The Morgan fingerprint density at radius 2 is 1.88 bits per heavy atom. The van der Waals surface area contributed by atoms with Gasteiger partial charge in [0.15, 0.2) is 0 Å². The predicted octanol–water partition coefficient (Wildman–Crippen LogP) is -0.269. The van der Waals surface area contributed by atoms with Gasteiger partial charge in [-0.15, -0.1) is 0 Å². The molecule has 130 valence electrons. The fraction of sp³-hybridized carbons (Fsp3) is 0.400. The number of aliphatic carboxylic acids is 2. The van der Waals surface area contributed by atoms with Crippen molar-refractivity contribution in [3.8, 4) is 0 Å². The Hall–Kier alpha value is -2.81. The molecule has 0 spiro atoms. The highest BCUT2D eigenvalue weighted by atomic mass is 16.4. The van der Waals surface area contributed by atoms with E-state index in [0.29, 0.717) is 13.1 Å². The van der Waals surface area contributed by atoms with E-state index < -0.39 is 36.6 Å². The summed E-state index contributed by atoms with van der Waals surface area (Å²) in [5.41, 5.74) is 6.16. The van der Waals surface area contributed by atoms with E-state index in [-0.39, 0.29) is 6.54 Å². The van der Waals surface area contributed by atoms with E-state index in [4.69, 9.17) is 10.8 Å². The molecule has 1 fully saturated rings. The van der Waals surface area contributed by atoms with Gasteiger partial charge in [0.05, 0.1) is 19.1 Å². The van der Waals surface area contributed by atoms with Crippen molar-refractivity contribution in [2.24, 2.45) is 5.73 Å². The zero-order valence-electron chi connectivity index (χ0n) is 13.0. The van der Waals surface area contributed by atoms with Gasteiger partial charge in [-0.1, -0.05) is 18.2 Å². The smallest absolute Gasteiger partial charge is 0.321 e. The van der Waals surface area contributed by atoms with Crippen molar-refractivity contribution in [2.45, 2.75) is 18.6 Å². The van der Waals surface area contributed by atoms with E-state index in [9.17, 15) is 19.5 Å². The maximum Gasteiger partial charge on any atom is 0.321 e. The van der Waals surface area contributed by atoms with E-state index in [0.717, 1.165) is 5.69 Å². The van der Waals surface area contributed by atoms with Gasteiger partial charge in [0.1, 0.15) is 6.04 Å².